The maximum Gasteiger partial charge on any atom is 0.0665 e. The topological polar surface area (TPSA) is 38.0 Å². The Kier molecular flexibility index (Phi) is 3.58. The molecule has 4 heteroatoms. The SMILES string of the molecule is Cc1c(Br)cccc1C1(N)CNC1.Cl. The lowest BCUT2D eigenvalue weighted by Crippen LogP contribution is -2.63. The molecule has 0 spiro atoms. The minimum absolute atomic E-state index is 0. The first kappa shape index (κ1) is 12.0. The van der Waals surface area contributed by atoms with Gasteiger partial charge in [0, 0.05) is 17.6 Å². The molecule has 1 aromatic carbocycles. The number of hydrogen-bond donors (Lipinski definition) is 2. The molecule has 0 atom stereocenters. The molecule has 1 aliphatic rings. The molecule has 78 valence electrons. The maximum absolute atomic E-state index is 6.21. The smallest absolute Gasteiger partial charge is 0.0665 e. The molecular weight excluding hydrogens is 263 g/mol. The highest BCUT2D eigenvalue weighted by Gasteiger charge is 2.35. The van der Waals surface area contributed by atoms with E-state index in [0.717, 1.165) is 17.6 Å². The highest BCUT2D eigenvalue weighted by atomic mass is 79.9. The van der Waals surface area contributed by atoms with Crippen molar-refractivity contribution >= 4 is 28.3 Å². The summed E-state index contributed by atoms with van der Waals surface area (Å²) >= 11 is 3.52. The van der Waals surface area contributed by atoms with Crippen molar-refractivity contribution in [1.29, 1.82) is 0 Å². The molecule has 0 aromatic heterocycles. The third-order valence-corrected chi connectivity index (χ3v) is 3.54. The second-order valence-corrected chi connectivity index (χ2v) is 4.53. The van der Waals surface area contributed by atoms with Crippen LogP contribution in [0.5, 0.6) is 0 Å². The number of benzene rings is 1. The first-order valence-electron chi connectivity index (χ1n) is 4.39. The van der Waals surface area contributed by atoms with Crippen molar-refractivity contribution < 1.29 is 0 Å². The van der Waals surface area contributed by atoms with Crippen molar-refractivity contribution in [1.82, 2.24) is 5.32 Å². The van der Waals surface area contributed by atoms with Gasteiger partial charge < -0.3 is 11.1 Å². The first-order valence-corrected chi connectivity index (χ1v) is 5.18. The van der Waals surface area contributed by atoms with E-state index in [9.17, 15) is 0 Å². The lowest BCUT2D eigenvalue weighted by Gasteiger charge is -2.40. The van der Waals surface area contributed by atoms with Crippen LogP contribution in [-0.4, -0.2) is 13.1 Å². The largest absolute Gasteiger partial charge is 0.319 e. The zero-order valence-corrected chi connectivity index (χ0v) is 10.4. The van der Waals surface area contributed by atoms with E-state index in [-0.39, 0.29) is 17.9 Å². The Morgan fingerprint density at radius 2 is 2.07 bits per heavy atom. The standard InChI is InChI=1S/C10H13BrN2.ClH/c1-7-8(3-2-4-9(7)11)10(12)5-13-6-10;/h2-4,13H,5-6,12H2,1H3;1H. The Morgan fingerprint density at radius 3 is 2.57 bits per heavy atom. The molecule has 0 amide bonds. The van der Waals surface area contributed by atoms with E-state index in [1.165, 1.54) is 11.1 Å². The van der Waals surface area contributed by atoms with Crippen LogP contribution in [0.2, 0.25) is 0 Å². The average Bonchev–Trinajstić information content (AvgIpc) is 2.06. The Bertz CT molecular complexity index is 337. The highest BCUT2D eigenvalue weighted by Crippen LogP contribution is 2.29. The zero-order valence-electron chi connectivity index (χ0n) is 8.01. The van der Waals surface area contributed by atoms with Crippen LogP contribution in [0.3, 0.4) is 0 Å². The van der Waals surface area contributed by atoms with Gasteiger partial charge >= 0.3 is 0 Å². The molecule has 1 saturated heterocycles. The van der Waals surface area contributed by atoms with Crippen molar-refractivity contribution in [2.45, 2.75) is 12.5 Å². The molecule has 0 radical (unpaired) electrons. The summed E-state index contributed by atoms with van der Waals surface area (Å²) in [5, 5.41) is 3.21. The Balaban J connectivity index is 0.000000980. The first-order chi connectivity index (χ1) is 6.13. The predicted octanol–water partition coefficient (Wildman–Crippen LogP) is 1.94. The lowest BCUT2D eigenvalue weighted by atomic mass is 9.83. The molecule has 3 N–H and O–H groups in total. The quantitative estimate of drug-likeness (QED) is 0.823. The van der Waals surface area contributed by atoms with Crippen LogP contribution in [0.1, 0.15) is 11.1 Å². The number of nitrogens with one attached hydrogen (secondary N) is 1. The lowest BCUT2D eigenvalue weighted by molar-refractivity contribution is 0.286. The highest BCUT2D eigenvalue weighted by molar-refractivity contribution is 9.10. The van der Waals surface area contributed by atoms with Crippen LogP contribution in [0.4, 0.5) is 0 Å². The van der Waals surface area contributed by atoms with E-state index >= 15 is 0 Å². The molecule has 0 unspecified atom stereocenters. The van der Waals surface area contributed by atoms with E-state index in [0.29, 0.717) is 0 Å². The second-order valence-electron chi connectivity index (χ2n) is 3.67. The fourth-order valence-electron chi connectivity index (χ4n) is 1.73. The van der Waals surface area contributed by atoms with Gasteiger partial charge in [0.1, 0.15) is 0 Å². The summed E-state index contributed by atoms with van der Waals surface area (Å²) in [7, 11) is 0. The maximum atomic E-state index is 6.21. The molecular formula is C10H14BrClN2. The fraction of sp³-hybridized carbons (Fsp3) is 0.400. The van der Waals surface area contributed by atoms with Gasteiger partial charge in [0.15, 0.2) is 0 Å². The average molecular weight is 278 g/mol. The van der Waals surface area contributed by atoms with Crippen molar-refractivity contribution in [2.75, 3.05) is 13.1 Å². The molecule has 14 heavy (non-hydrogen) atoms. The molecule has 1 aromatic rings. The minimum atomic E-state index is -0.145. The van der Waals surface area contributed by atoms with E-state index in [1.54, 1.807) is 0 Å². The van der Waals surface area contributed by atoms with Gasteiger partial charge in [-0.1, -0.05) is 28.1 Å². The van der Waals surface area contributed by atoms with Crippen LogP contribution in [0.15, 0.2) is 22.7 Å². The van der Waals surface area contributed by atoms with Crippen molar-refractivity contribution in [3.8, 4) is 0 Å². The van der Waals surface area contributed by atoms with Gasteiger partial charge in [-0.15, -0.1) is 12.4 Å². The Hall–Kier alpha value is -0.0900. The summed E-state index contributed by atoms with van der Waals surface area (Å²) in [6.07, 6.45) is 0. The number of halogens is 2. The van der Waals surface area contributed by atoms with Crippen molar-refractivity contribution in [3.05, 3.63) is 33.8 Å². The molecule has 0 aliphatic carbocycles. The summed E-state index contributed by atoms with van der Waals surface area (Å²) < 4.78 is 1.14. The zero-order chi connectivity index (χ0) is 9.47. The summed E-state index contributed by atoms with van der Waals surface area (Å²) in [5.41, 5.74) is 8.57. The third kappa shape index (κ3) is 1.82. The number of rotatable bonds is 1. The van der Waals surface area contributed by atoms with Crippen LogP contribution in [0, 0.1) is 6.92 Å². The van der Waals surface area contributed by atoms with Gasteiger partial charge in [-0.3, -0.25) is 0 Å². The Morgan fingerprint density at radius 1 is 1.43 bits per heavy atom. The molecule has 1 aliphatic heterocycles. The fourth-order valence-corrected chi connectivity index (χ4v) is 2.10. The van der Waals surface area contributed by atoms with Crippen LogP contribution >= 0.6 is 28.3 Å². The van der Waals surface area contributed by atoms with Crippen molar-refractivity contribution in [2.24, 2.45) is 5.73 Å². The molecule has 1 fully saturated rings. The number of hydrogen-bond acceptors (Lipinski definition) is 2. The van der Waals surface area contributed by atoms with Gasteiger partial charge in [-0.05, 0) is 24.1 Å². The summed E-state index contributed by atoms with van der Waals surface area (Å²) in [6, 6.07) is 6.20. The molecule has 2 rings (SSSR count). The third-order valence-electron chi connectivity index (χ3n) is 2.68. The summed E-state index contributed by atoms with van der Waals surface area (Å²) in [6.45, 7) is 3.86. The van der Waals surface area contributed by atoms with Crippen LogP contribution in [-0.2, 0) is 5.54 Å². The van der Waals surface area contributed by atoms with E-state index in [4.69, 9.17) is 5.73 Å². The van der Waals surface area contributed by atoms with Gasteiger partial charge in [-0.25, -0.2) is 0 Å². The molecule has 0 saturated carbocycles. The minimum Gasteiger partial charge on any atom is -0.319 e. The van der Waals surface area contributed by atoms with Gasteiger partial charge in [-0.2, -0.15) is 0 Å². The van der Waals surface area contributed by atoms with E-state index < -0.39 is 0 Å². The molecule has 2 nitrogen and oxygen atoms in total. The van der Waals surface area contributed by atoms with E-state index in [2.05, 4.69) is 34.2 Å². The molecule has 1 heterocycles. The summed E-state index contributed by atoms with van der Waals surface area (Å²) in [5.74, 6) is 0. The monoisotopic (exact) mass is 276 g/mol. The van der Waals surface area contributed by atoms with E-state index in [1.807, 2.05) is 12.1 Å². The van der Waals surface area contributed by atoms with Crippen LogP contribution < -0.4 is 11.1 Å². The number of nitrogens with two attached hydrogens (primary N) is 1. The second kappa shape index (κ2) is 4.19. The normalized spacial score (nSPS) is 18.2. The molecule has 0 bridgehead atoms. The van der Waals surface area contributed by atoms with Crippen LogP contribution in [0.25, 0.3) is 0 Å². The van der Waals surface area contributed by atoms with Gasteiger partial charge in [0.25, 0.3) is 0 Å². The summed E-state index contributed by atoms with van der Waals surface area (Å²) in [4.78, 5) is 0. The van der Waals surface area contributed by atoms with Gasteiger partial charge in [0.2, 0.25) is 0 Å². The van der Waals surface area contributed by atoms with Crippen molar-refractivity contribution in [3.63, 3.8) is 0 Å². The van der Waals surface area contributed by atoms with Gasteiger partial charge in [0.05, 0.1) is 5.54 Å². The predicted molar refractivity (Wildman–Crippen MR) is 64.9 cm³/mol. The Labute approximate surface area is 98.8 Å².